The smallest absolute Gasteiger partial charge is 0.335 e. The average molecular weight is 299 g/mol. The van der Waals surface area contributed by atoms with Crippen molar-refractivity contribution < 1.29 is 23.4 Å². The molecule has 0 bridgehead atoms. The summed E-state index contributed by atoms with van der Waals surface area (Å²) >= 11 is 0. The van der Waals surface area contributed by atoms with Crippen molar-refractivity contribution in [3.63, 3.8) is 0 Å². The van der Waals surface area contributed by atoms with Crippen LogP contribution in [0.3, 0.4) is 0 Å². The number of likely N-dealkylation sites (tertiary alicyclic amines) is 1. The van der Waals surface area contributed by atoms with Gasteiger partial charge in [-0.15, -0.1) is 0 Å². The summed E-state index contributed by atoms with van der Waals surface area (Å²) < 4.78 is 31.6. The van der Waals surface area contributed by atoms with Gasteiger partial charge in [0.2, 0.25) is 0 Å². The Bertz CT molecular complexity index is 510. The molecule has 0 spiro atoms. The summed E-state index contributed by atoms with van der Waals surface area (Å²) in [4.78, 5) is 12.9. The van der Waals surface area contributed by atoms with Crippen LogP contribution in [0, 0.1) is 6.92 Å². The fraction of sp³-hybridized carbons (Fsp3) is 0.533. The van der Waals surface area contributed by atoms with Gasteiger partial charge in [0.15, 0.2) is 0 Å². The maximum Gasteiger partial charge on any atom is 0.335 e. The van der Waals surface area contributed by atoms with E-state index in [4.69, 9.17) is 9.84 Å². The number of carbonyl (C=O) groups is 1. The van der Waals surface area contributed by atoms with E-state index in [0.29, 0.717) is 37.6 Å². The standard InChI is InChI=1S/C15H19F2NO3/c1-11-10-12(2-3-13(11)14(19)20)21-9-8-18-6-4-15(16,17)5-7-18/h2-3,10H,4-9H2,1H3,(H,19,20). The van der Waals surface area contributed by atoms with Crippen LogP contribution in [0.1, 0.15) is 28.8 Å². The summed E-state index contributed by atoms with van der Waals surface area (Å²) in [5.41, 5.74) is 0.887. The first kappa shape index (κ1) is 15.7. The Hall–Kier alpha value is -1.69. The lowest BCUT2D eigenvalue weighted by Crippen LogP contribution is -2.41. The Labute approximate surface area is 122 Å². The molecule has 4 nitrogen and oxygen atoms in total. The first-order valence-corrected chi connectivity index (χ1v) is 6.94. The van der Waals surface area contributed by atoms with E-state index >= 15 is 0 Å². The highest BCUT2D eigenvalue weighted by Crippen LogP contribution is 2.27. The number of benzene rings is 1. The van der Waals surface area contributed by atoms with Crippen molar-refractivity contribution in [3.8, 4) is 5.75 Å². The molecule has 0 amide bonds. The van der Waals surface area contributed by atoms with Gasteiger partial charge in [-0.05, 0) is 30.7 Å². The minimum atomic E-state index is -2.53. The molecule has 1 saturated heterocycles. The van der Waals surface area contributed by atoms with E-state index in [9.17, 15) is 13.6 Å². The van der Waals surface area contributed by atoms with Crippen molar-refractivity contribution in [1.82, 2.24) is 4.90 Å². The van der Waals surface area contributed by atoms with Crippen LogP contribution in [-0.2, 0) is 0 Å². The molecule has 6 heteroatoms. The highest BCUT2D eigenvalue weighted by Gasteiger charge is 2.33. The van der Waals surface area contributed by atoms with Gasteiger partial charge in [0.1, 0.15) is 12.4 Å². The van der Waals surface area contributed by atoms with Crippen molar-refractivity contribution in [2.24, 2.45) is 0 Å². The topological polar surface area (TPSA) is 49.8 Å². The number of piperidine rings is 1. The number of aromatic carboxylic acids is 1. The summed E-state index contributed by atoms with van der Waals surface area (Å²) in [6.45, 7) is 3.47. The zero-order valence-corrected chi connectivity index (χ0v) is 11.9. The van der Waals surface area contributed by atoms with Crippen molar-refractivity contribution in [2.75, 3.05) is 26.2 Å². The number of hydrogen-bond donors (Lipinski definition) is 1. The molecule has 1 aromatic carbocycles. The van der Waals surface area contributed by atoms with Gasteiger partial charge in [-0.25, -0.2) is 13.6 Å². The van der Waals surface area contributed by atoms with E-state index in [1.54, 1.807) is 19.1 Å². The molecule has 2 rings (SSSR count). The number of nitrogens with zero attached hydrogens (tertiary/aromatic N) is 1. The predicted octanol–water partition coefficient (Wildman–Crippen LogP) is 2.80. The molecular formula is C15H19F2NO3. The zero-order valence-electron chi connectivity index (χ0n) is 11.9. The molecule has 1 aromatic rings. The summed E-state index contributed by atoms with van der Waals surface area (Å²) in [6, 6.07) is 4.79. The summed E-state index contributed by atoms with van der Waals surface area (Å²) in [5.74, 6) is -2.89. The Morgan fingerprint density at radius 1 is 1.38 bits per heavy atom. The number of carboxylic acids is 1. The molecule has 0 saturated carbocycles. The normalized spacial score (nSPS) is 18.4. The number of halogens is 2. The lowest BCUT2D eigenvalue weighted by molar-refractivity contribution is -0.0564. The molecule has 0 radical (unpaired) electrons. The molecule has 1 heterocycles. The van der Waals surface area contributed by atoms with E-state index < -0.39 is 11.9 Å². The monoisotopic (exact) mass is 299 g/mol. The largest absolute Gasteiger partial charge is 0.492 e. The maximum atomic E-state index is 13.0. The van der Waals surface area contributed by atoms with Crippen LogP contribution in [0.25, 0.3) is 0 Å². The molecule has 1 N–H and O–H groups in total. The number of carboxylic acid groups (broad SMARTS) is 1. The fourth-order valence-electron chi connectivity index (χ4n) is 2.36. The number of rotatable bonds is 5. The molecule has 1 fully saturated rings. The van der Waals surface area contributed by atoms with Crippen LogP contribution in [-0.4, -0.2) is 48.1 Å². The van der Waals surface area contributed by atoms with Gasteiger partial charge < -0.3 is 9.84 Å². The highest BCUT2D eigenvalue weighted by molar-refractivity contribution is 5.89. The SMILES string of the molecule is Cc1cc(OCCN2CCC(F)(F)CC2)ccc1C(=O)O. The van der Waals surface area contributed by atoms with Gasteiger partial charge in [0.05, 0.1) is 5.56 Å². The summed E-state index contributed by atoms with van der Waals surface area (Å²) in [5, 5.41) is 8.94. The lowest BCUT2D eigenvalue weighted by atomic mass is 10.1. The van der Waals surface area contributed by atoms with Crippen LogP contribution in [0.15, 0.2) is 18.2 Å². The molecule has 1 aliphatic heterocycles. The first-order valence-electron chi connectivity index (χ1n) is 6.94. The van der Waals surface area contributed by atoms with Gasteiger partial charge >= 0.3 is 5.97 Å². The minimum absolute atomic E-state index is 0.0978. The van der Waals surface area contributed by atoms with Crippen molar-refractivity contribution in [2.45, 2.75) is 25.7 Å². The van der Waals surface area contributed by atoms with Gasteiger partial charge in [-0.2, -0.15) is 0 Å². The third-order valence-corrected chi connectivity index (χ3v) is 3.69. The third kappa shape index (κ3) is 4.39. The number of ether oxygens (including phenoxy) is 1. The summed E-state index contributed by atoms with van der Waals surface area (Å²) in [7, 11) is 0. The number of alkyl halides is 2. The zero-order chi connectivity index (χ0) is 15.5. The second-order valence-corrected chi connectivity index (χ2v) is 5.33. The predicted molar refractivity (Wildman–Crippen MR) is 74.3 cm³/mol. The van der Waals surface area contributed by atoms with Gasteiger partial charge in [-0.1, -0.05) is 0 Å². The van der Waals surface area contributed by atoms with E-state index in [-0.39, 0.29) is 18.4 Å². The highest BCUT2D eigenvalue weighted by atomic mass is 19.3. The Morgan fingerprint density at radius 2 is 2.05 bits per heavy atom. The molecule has 0 aliphatic carbocycles. The van der Waals surface area contributed by atoms with E-state index in [0.717, 1.165) is 0 Å². The molecule has 0 atom stereocenters. The number of aryl methyl sites for hydroxylation is 1. The first-order chi connectivity index (χ1) is 9.87. The van der Waals surface area contributed by atoms with Gasteiger partial charge in [0.25, 0.3) is 5.92 Å². The van der Waals surface area contributed by atoms with Gasteiger partial charge in [0, 0.05) is 32.5 Å². The second kappa shape index (κ2) is 6.39. The van der Waals surface area contributed by atoms with E-state index in [1.807, 2.05) is 4.90 Å². The van der Waals surface area contributed by atoms with Crippen LogP contribution in [0.4, 0.5) is 8.78 Å². The molecule has 1 aliphatic rings. The Kier molecular flexibility index (Phi) is 4.77. The average Bonchev–Trinajstić information content (AvgIpc) is 2.40. The van der Waals surface area contributed by atoms with Crippen molar-refractivity contribution in [1.29, 1.82) is 0 Å². The van der Waals surface area contributed by atoms with Crippen LogP contribution >= 0.6 is 0 Å². The molecule has 0 aromatic heterocycles. The molecule has 116 valence electrons. The van der Waals surface area contributed by atoms with Crippen molar-refractivity contribution in [3.05, 3.63) is 29.3 Å². The minimum Gasteiger partial charge on any atom is -0.492 e. The van der Waals surface area contributed by atoms with Crippen LogP contribution in [0.2, 0.25) is 0 Å². The van der Waals surface area contributed by atoms with Crippen LogP contribution in [0.5, 0.6) is 5.75 Å². The second-order valence-electron chi connectivity index (χ2n) is 5.33. The maximum absolute atomic E-state index is 13.0. The lowest BCUT2D eigenvalue weighted by Gasteiger charge is -2.31. The van der Waals surface area contributed by atoms with E-state index in [2.05, 4.69) is 0 Å². The van der Waals surface area contributed by atoms with E-state index in [1.165, 1.54) is 6.07 Å². The Morgan fingerprint density at radius 3 is 2.62 bits per heavy atom. The molecule has 0 unspecified atom stereocenters. The fourth-order valence-corrected chi connectivity index (χ4v) is 2.36. The quantitative estimate of drug-likeness (QED) is 0.908. The summed E-state index contributed by atoms with van der Waals surface area (Å²) in [6.07, 6.45) is -0.196. The van der Waals surface area contributed by atoms with Crippen molar-refractivity contribution >= 4 is 5.97 Å². The van der Waals surface area contributed by atoms with Crippen LogP contribution < -0.4 is 4.74 Å². The number of hydrogen-bond acceptors (Lipinski definition) is 3. The van der Waals surface area contributed by atoms with Gasteiger partial charge in [-0.3, -0.25) is 4.90 Å². The molecular weight excluding hydrogens is 280 g/mol. The Balaban J connectivity index is 1.79. The molecule has 21 heavy (non-hydrogen) atoms. The third-order valence-electron chi connectivity index (χ3n) is 3.69.